The Morgan fingerprint density at radius 2 is 1.10 bits per heavy atom. The van der Waals surface area contributed by atoms with Crippen molar-refractivity contribution in [3.05, 3.63) is 59.7 Å². The van der Waals surface area contributed by atoms with Crippen LogP contribution in [0, 0.1) is 0 Å². The van der Waals surface area contributed by atoms with Crippen molar-refractivity contribution in [3.8, 4) is 11.5 Å². The maximum Gasteiger partial charge on any atom is 0.469 e. The number of methoxy groups -OCH3 is 1. The lowest BCUT2D eigenvalue weighted by Gasteiger charge is -2.43. The summed E-state index contributed by atoms with van der Waals surface area (Å²) in [6.45, 7) is 27.8. The lowest BCUT2D eigenvalue weighted by molar-refractivity contribution is 0.0175. The Kier molecular flexibility index (Phi) is 13.3. The van der Waals surface area contributed by atoms with Gasteiger partial charge >= 0.3 is 8.80 Å². The van der Waals surface area contributed by atoms with Gasteiger partial charge in [-0.25, -0.2) is 0 Å². The summed E-state index contributed by atoms with van der Waals surface area (Å²) in [6, 6.07) is 17.5. The van der Waals surface area contributed by atoms with Crippen molar-refractivity contribution in [2.24, 2.45) is 0 Å². The second kappa shape index (κ2) is 15.2. The lowest BCUT2D eigenvalue weighted by atomic mass is 9.78. The van der Waals surface area contributed by atoms with Gasteiger partial charge in [-0.1, -0.05) is 45.0 Å². The molecule has 0 fully saturated rings. The van der Waals surface area contributed by atoms with Gasteiger partial charge in [-0.15, -0.1) is 0 Å². The molecule has 0 aliphatic carbocycles. The molecule has 2 aromatic rings. The smallest absolute Gasteiger partial charge is 0.469 e. The predicted molar refractivity (Wildman–Crippen MR) is 186 cm³/mol. The van der Waals surface area contributed by atoms with Gasteiger partial charge in [0.05, 0.1) is 13.2 Å². The molecule has 2 rings (SSSR count). The molecule has 0 amide bonds. The minimum Gasteiger partial charge on any atom is -0.497 e. The zero-order valence-corrected chi connectivity index (χ0v) is 32.7. The standard InChI is InChI=1S/C32H58O6Si4/c1-14-29(34-24-15-25-42(36-39(5,6)7,37-40(8,9)10)38-41(11,12)13)26-35-31-22-18-28(19-23-31)32(2,3)27-16-20-30(33-4)21-17-27/h16-23,29H,14-15,24-26H2,1-13H3. The molecule has 1 atom stereocenters. The van der Waals surface area contributed by atoms with Gasteiger partial charge in [-0.05, 0) is 107 Å². The number of rotatable bonds is 18. The van der Waals surface area contributed by atoms with Crippen LogP contribution in [0.4, 0.5) is 0 Å². The van der Waals surface area contributed by atoms with E-state index in [2.05, 4.69) is 116 Å². The zero-order valence-electron chi connectivity index (χ0n) is 28.7. The van der Waals surface area contributed by atoms with Crippen LogP contribution in [-0.4, -0.2) is 60.2 Å². The first-order chi connectivity index (χ1) is 19.3. The molecule has 2 aromatic carbocycles. The Morgan fingerprint density at radius 3 is 1.48 bits per heavy atom. The van der Waals surface area contributed by atoms with E-state index in [1.165, 1.54) is 11.1 Å². The van der Waals surface area contributed by atoms with Crippen LogP contribution in [0.3, 0.4) is 0 Å². The van der Waals surface area contributed by atoms with Gasteiger partial charge in [-0.3, -0.25) is 0 Å². The Bertz CT molecular complexity index is 1030. The highest BCUT2D eigenvalue weighted by Gasteiger charge is 2.49. The normalized spacial score (nSPS) is 14.1. The number of hydrogen-bond acceptors (Lipinski definition) is 6. The van der Waals surface area contributed by atoms with Crippen LogP contribution in [0.1, 0.15) is 44.7 Å². The van der Waals surface area contributed by atoms with Gasteiger partial charge in [0.25, 0.3) is 0 Å². The van der Waals surface area contributed by atoms with E-state index in [4.69, 9.17) is 26.6 Å². The van der Waals surface area contributed by atoms with Gasteiger partial charge in [0.15, 0.2) is 25.0 Å². The van der Waals surface area contributed by atoms with Gasteiger partial charge in [0.1, 0.15) is 18.1 Å². The average Bonchev–Trinajstić information content (AvgIpc) is 2.85. The Hall–Kier alpha value is -1.25. The molecule has 0 radical (unpaired) electrons. The fourth-order valence-corrected chi connectivity index (χ4v) is 19.4. The minimum atomic E-state index is -2.84. The summed E-state index contributed by atoms with van der Waals surface area (Å²) >= 11 is 0. The summed E-state index contributed by atoms with van der Waals surface area (Å²) in [5.41, 5.74) is 2.34. The highest BCUT2D eigenvalue weighted by atomic mass is 28.5. The van der Waals surface area contributed by atoms with E-state index in [0.29, 0.717) is 13.2 Å². The minimum absolute atomic E-state index is 0.0187. The van der Waals surface area contributed by atoms with Crippen molar-refractivity contribution in [2.45, 2.75) is 110 Å². The molecule has 1 unspecified atom stereocenters. The Balaban J connectivity index is 1.98. The first kappa shape index (κ1) is 36.9. The molecule has 0 heterocycles. The van der Waals surface area contributed by atoms with Gasteiger partial charge < -0.3 is 26.6 Å². The van der Waals surface area contributed by atoms with Crippen molar-refractivity contribution in [3.63, 3.8) is 0 Å². The van der Waals surface area contributed by atoms with Crippen molar-refractivity contribution in [1.29, 1.82) is 0 Å². The third-order valence-electron chi connectivity index (χ3n) is 6.64. The molecule has 6 nitrogen and oxygen atoms in total. The van der Waals surface area contributed by atoms with Crippen LogP contribution < -0.4 is 9.47 Å². The van der Waals surface area contributed by atoms with Crippen LogP contribution in [0.2, 0.25) is 65.0 Å². The zero-order chi connectivity index (χ0) is 31.8. The maximum atomic E-state index is 6.81. The third-order valence-corrected chi connectivity index (χ3v) is 18.7. The molecule has 0 aliphatic heterocycles. The maximum absolute atomic E-state index is 6.81. The molecule has 0 N–H and O–H groups in total. The van der Waals surface area contributed by atoms with Crippen molar-refractivity contribution < 1.29 is 26.6 Å². The second-order valence-electron chi connectivity index (χ2n) is 14.5. The van der Waals surface area contributed by atoms with Crippen LogP contribution in [0.15, 0.2) is 48.5 Å². The van der Waals surface area contributed by atoms with Gasteiger partial charge in [0, 0.05) is 18.1 Å². The topological polar surface area (TPSA) is 55.4 Å². The largest absolute Gasteiger partial charge is 0.497 e. The average molecular weight is 651 g/mol. The number of benzene rings is 2. The molecule has 238 valence electrons. The van der Waals surface area contributed by atoms with Crippen LogP contribution in [-0.2, 0) is 22.5 Å². The van der Waals surface area contributed by atoms with E-state index in [9.17, 15) is 0 Å². The molecular formula is C32H58O6Si4. The fourth-order valence-electron chi connectivity index (χ4n) is 4.77. The summed E-state index contributed by atoms with van der Waals surface area (Å²) in [5.74, 6) is 1.72. The van der Waals surface area contributed by atoms with E-state index >= 15 is 0 Å². The number of hydrogen-bond donors (Lipinski definition) is 0. The van der Waals surface area contributed by atoms with Crippen molar-refractivity contribution in [1.82, 2.24) is 0 Å². The van der Waals surface area contributed by atoms with E-state index in [1.54, 1.807) is 7.11 Å². The predicted octanol–water partition coefficient (Wildman–Crippen LogP) is 9.08. The van der Waals surface area contributed by atoms with Gasteiger partial charge in [-0.2, -0.15) is 0 Å². The summed E-state index contributed by atoms with van der Waals surface area (Å²) < 4.78 is 38.2. The molecule has 10 heteroatoms. The SMILES string of the molecule is CCC(COc1ccc(C(C)(C)c2ccc(OC)cc2)cc1)OCCC[Si](O[Si](C)(C)C)(O[Si](C)(C)C)O[Si](C)(C)C. The molecule has 0 aliphatic rings. The highest BCUT2D eigenvalue weighted by molar-refractivity contribution is 6.90. The van der Waals surface area contributed by atoms with Gasteiger partial charge in [0.2, 0.25) is 0 Å². The molecule has 0 aromatic heterocycles. The third kappa shape index (κ3) is 12.8. The molecule has 0 saturated carbocycles. The van der Waals surface area contributed by atoms with Crippen LogP contribution >= 0.6 is 0 Å². The summed E-state index contributed by atoms with van der Waals surface area (Å²) in [4.78, 5) is 0. The van der Waals surface area contributed by atoms with Crippen molar-refractivity contribution in [2.75, 3.05) is 20.3 Å². The summed E-state index contributed by atoms with van der Waals surface area (Å²) in [7, 11) is -6.79. The Labute approximate surface area is 261 Å². The molecule has 0 saturated heterocycles. The molecule has 42 heavy (non-hydrogen) atoms. The molecule has 0 bridgehead atoms. The monoisotopic (exact) mass is 650 g/mol. The van der Waals surface area contributed by atoms with Crippen LogP contribution in [0.25, 0.3) is 0 Å². The first-order valence-electron chi connectivity index (χ1n) is 15.4. The first-order valence-corrected chi connectivity index (χ1v) is 27.5. The van der Waals surface area contributed by atoms with E-state index < -0.39 is 33.8 Å². The van der Waals surface area contributed by atoms with E-state index in [0.717, 1.165) is 30.4 Å². The number of ether oxygens (including phenoxy) is 3. The second-order valence-corrected chi connectivity index (χ2v) is 31.5. The quantitative estimate of drug-likeness (QED) is 0.119. The summed E-state index contributed by atoms with van der Waals surface area (Å²) in [6.07, 6.45) is 1.75. The lowest BCUT2D eigenvalue weighted by Crippen LogP contribution is -2.60. The highest BCUT2D eigenvalue weighted by Crippen LogP contribution is 2.34. The molecule has 0 spiro atoms. The Morgan fingerprint density at radius 1 is 0.667 bits per heavy atom. The summed E-state index contributed by atoms with van der Waals surface area (Å²) in [5, 5.41) is 0. The van der Waals surface area contributed by atoms with E-state index in [1.807, 2.05) is 12.1 Å². The van der Waals surface area contributed by atoms with Crippen molar-refractivity contribution >= 4 is 33.8 Å². The van der Waals surface area contributed by atoms with E-state index in [-0.39, 0.29) is 11.5 Å². The molecular weight excluding hydrogens is 593 g/mol. The fraction of sp³-hybridized carbons (Fsp3) is 0.625. The van der Waals surface area contributed by atoms with Crippen LogP contribution in [0.5, 0.6) is 11.5 Å².